The van der Waals surface area contributed by atoms with Gasteiger partial charge in [-0.25, -0.2) is 4.98 Å². The number of aromatic nitrogens is 2. The number of fused-ring (bicyclic) bond motifs is 6. The van der Waals surface area contributed by atoms with Crippen LogP contribution in [0.2, 0.25) is 0 Å². The molecule has 0 aliphatic carbocycles. The second-order valence-electron chi connectivity index (χ2n) is 21.8. The number of para-hydroxylation sites is 3. The molecule has 362 valence electrons. The van der Waals surface area contributed by atoms with Crippen LogP contribution in [0, 0.1) is 18.8 Å². The Hall–Kier alpha value is -7.27. The summed E-state index contributed by atoms with van der Waals surface area (Å²) in [6.07, 6.45) is 5.78. The maximum absolute atomic E-state index is 5.10. The first-order valence-corrected chi connectivity index (χ1v) is 24.6. The zero-order valence-electron chi connectivity index (χ0n) is 42.5. The third-order valence-electron chi connectivity index (χ3n) is 13.8. The van der Waals surface area contributed by atoms with Gasteiger partial charge >= 0.3 is 0 Å². The predicted octanol–water partition coefficient (Wildman–Crippen LogP) is 17.6. The normalized spacial score (nSPS) is 13.1. The van der Waals surface area contributed by atoms with Crippen molar-refractivity contribution in [1.29, 1.82) is 0 Å². The summed E-state index contributed by atoms with van der Waals surface area (Å²) in [5.41, 5.74) is 18.9. The number of hydrogen-bond acceptors (Lipinski definition) is 6. The fraction of sp³-hybridized carbons (Fsp3) is 0.185. The van der Waals surface area contributed by atoms with E-state index in [-0.39, 0.29) is 37.3 Å². The van der Waals surface area contributed by atoms with Gasteiger partial charge in [0.05, 0.1) is 5.69 Å². The average molecular weight is 1120 g/mol. The molecule has 2 aliphatic heterocycles. The van der Waals surface area contributed by atoms with E-state index in [0.29, 0.717) is 0 Å². The molecule has 0 atom stereocenters. The molecule has 4 heterocycles. The molecule has 0 saturated heterocycles. The summed E-state index contributed by atoms with van der Waals surface area (Å²) >= 11 is 0. The van der Waals surface area contributed by atoms with Crippen LogP contribution in [0.4, 0.5) is 57.0 Å². The maximum Gasteiger partial charge on any atom is 0.135 e. The number of hydrogen-bond donors (Lipinski definition) is 0. The predicted molar refractivity (Wildman–Crippen MR) is 296 cm³/mol. The SMILES string of the molecule is CC(C)(C)c1cc(N2[CH-]N(c3[c-]c(N(c4[c-]c5c(cc4)-c4ccccc4-c4cnccc4N5c4cc(C(C)(C)C)ccn4)c4ccccc4)cc(-c4ccccc4)c3)c3ccccc32)cc(C(C)(C)C)c1.[Pt]. The first kappa shape index (κ1) is 48.4. The number of pyridine rings is 2. The van der Waals surface area contributed by atoms with E-state index >= 15 is 0 Å². The molecular formula is C65H59N6Pt-3. The van der Waals surface area contributed by atoms with Gasteiger partial charge in [0.2, 0.25) is 0 Å². The summed E-state index contributed by atoms with van der Waals surface area (Å²) in [4.78, 5) is 19.0. The third kappa shape index (κ3) is 9.03. The monoisotopic (exact) mass is 1120 g/mol. The van der Waals surface area contributed by atoms with Crippen molar-refractivity contribution in [3.8, 4) is 33.4 Å². The summed E-state index contributed by atoms with van der Waals surface area (Å²) in [6, 6.07) is 69.2. The first-order valence-electron chi connectivity index (χ1n) is 24.6. The van der Waals surface area contributed by atoms with Crippen molar-refractivity contribution >= 4 is 57.0 Å². The second kappa shape index (κ2) is 18.7. The van der Waals surface area contributed by atoms with Crippen molar-refractivity contribution in [2.75, 3.05) is 19.6 Å². The molecule has 9 aromatic rings. The van der Waals surface area contributed by atoms with Gasteiger partial charge in [-0.15, -0.1) is 53.8 Å². The number of anilines is 10. The van der Waals surface area contributed by atoms with E-state index in [2.05, 4.69) is 276 Å². The molecule has 0 spiro atoms. The molecule has 72 heavy (non-hydrogen) atoms. The summed E-state index contributed by atoms with van der Waals surface area (Å²) in [5, 5.41) is 0. The van der Waals surface area contributed by atoms with E-state index in [1.165, 1.54) is 16.7 Å². The summed E-state index contributed by atoms with van der Waals surface area (Å²) < 4.78 is 0. The molecule has 0 fully saturated rings. The smallest absolute Gasteiger partial charge is 0.135 e. The molecule has 0 N–H and O–H groups in total. The van der Waals surface area contributed by atoms with E-state index in [1.54, 1.807) is 0 Å². The summed E-state index contributed by atoms with van der Waals surface area (Å²) in [6.45, 7) is 22.8. The Morgan fingerprint density at radius 3 is 1.75 bits per heavy atom. The largest absolute Gasteiger partial charge is 0.493 e. The molecule has 0 unspecified atom stereocenters. The van der Waals surface area contributed by atoms with E-state index in [9.17, 15) is 0 Å². The van der Waals surface area contributed by atoms with Gasteiger partial charge in [0.25, 0.3) is 0 Å². The van der Waals surface area contributed by atoms with Crippen LogP contribution in [0.1, 0.15) is 79.0 Å². The van der Waals surface area contributed by atoms with Gasteiger partial charge in [-0.2, -0.15) is 6.07 Å². The molecule has 0 bridgehead atoms. The molecule has 2 aromatic heterocycles. The molecule has 6 nitrogen and oxygen atoms in total. The Labute approximate surface area is 440 Å². The number of rotatable bonds is 7. The van der Waals surface area contributed by atoms with Crippen LogP contribution in [0.5, 0.6) is 0 Å². The first-order chi connectivity index (χ1) is 34.1. The van der Waals surface area contributed by atoms with Gasteiger partial charge in [0.1, 0.15) is 5.82 Å². The van der Waals surface area contributed by atoms with Gasteiger partial charge in [0.15, 0.2) is 0 Å². The molecule has 0 amide bonds. The quantitative estimate of drug-likeness (QED) is 0.148. The third-order valence-corrected chi connectivity index (χ3v) is 13.8. The Morgan fingerprint density at radius 1 is 0.472 bits per heavy atom. The van der Waals surface area contributed by atoms with Gasteiger partial charge in [-0.3, -0.25) is 4.98 Å². The van der Waals surface area contributed by atoms with E-state index in [1.807, 2.05) is 18.6 Å². The molecular weight excluding hydrogens is 1060 g/mol. The Bertz CT molecular complexity index is 3410. The Kier molecular flexibility index (Phi) is 12.6. The van der Waals surface area contributed by atoms with Crippen molar-refractivity contribution in [3.63, 3.8) is 0 Å². The fourth-order valence-corrected chi connectivity index (χ4v) is 9.80. The molecule has 11 rings (SSSR count). The van der Waals surface area contributed by atoms with Crippen molar-refractivity contribution < 1.29 is 21.1 Å². The summed E-state index contributed by atoms with van der Waals surface area (Å²) in [5.74, 6) is 0.814. The van der Waals surface area contributed by atoms with Crippen LogP contribution in [0.15, 0.2) is 188 Å². The minimum Gasteiger partial charge on any atom is -0.493 e. The van der Waals surface area contributed by atoms with Crippen LogP contribution < -0.4 is 19.6 Å². The standard InChI is InChI=1S/C65H59N6.Pt/c1-63(2,3)46-30-33-67-62(39-46)71-58-31-32-66-42-57(58)55-25-17-16-24-54(55)56-29-28-50(41-61(56)71)70(49-22-14-11-15-23-49)53-35-45(44-20-12-10-13-21-44)34-51(40-53)68-43-69(60-27-19-18-26-59(60)68)52-37-47(64(4,5)6)36-48(38-52)65(7,8)9;/h10-39,42-43H,1-9H3;/q-3;. The molecule has 0 saturated carbocycles. The molecule has 7 heteroatoms. The Balaban J connectivity index is 0.00000596. The zero-order valence-corrected chi connectivity index (χ0v) is 44.7. The van der Waals surface area contributed by atoms with E-state index < -0.39 is 0 Å². The van der Waals surface area contributed by atoms with Crippen LogP contribution in [0.25, 0.3) is 33.4 Å². The van der Waals surface area contributed by atoms with E-state index in [0.717, 1.165) is 90.4 Å². The number of nitrogens with zero attached hydrogens (tertiary/aromatic N) is 6. The van der Waals surface area contributed by atoms with Crippen molar-refractivity contribution in [2.24, 2.45) is 0 Å². The minimum absolute atomic E-state index is 0. The maximum atomic E-state index is 5.10. The topological polar surface area (TPSA) is 38.7 Å². The zero-order chi connectivity index (χ0) is 49.2. The molecule has 0 radical (unpaired) electrons. The van der Waals surface area contributed by atoms with Crippen LogP contribution in [-0.2, 0) is 37.3 Å². The molecule has 7 aromatic carbocycles. The van der Waals surface area contributed by atoms with Crippen molar-refractivity contribution in [2.45, 2.75) is 78.6 Å². The summed E-state index contributed by atoms with van der Waals surface area (Å²) in [7, 11) is 0. The average Bonchev–Trinajstić information content (AvgIpc) is 3.71. The van der Waals surface area contributed by atoms with Crippen molar-refractivity contribution in [3.05, 3.63) is 224 Å². The van der Waals surface area contributed by atoms with Gasteiger partial charge in [-0.05, 0) is 98.7 Å². The minimum atomic E-state index is -0.0977. The van der Waals surface area contributed by atoms with Gasteiger partial charge < -0.3 is 19.6 Å². The van der Waals surface area contributed by atoms with Crippen LogP contribution in [0.3, 0.4) is 0 Å². The van der Waals surface area contributed by atoms with Gasteiger partial charge in [-0.1, -0.05) is 176 Å². The second-order valence-corrected chi connectivity index (χ2v) is 21.8. The van der Waals surface area contributed by atoms with Crippen LogP contribution >= 0.6 is 0 Å². The van der Waals surface area contributed by atoms with Crippen LogP contribution in [-0.4, -0.2) is 9.97 Å². The Morgan fingerprint density at radius 2 is 1.08 bits per heavy atom. The van der Waals surface area contributed by atoms with E-state index in [4.69, 9.17) is 4.98 Å². The van der Waals surface area contributed by atoms with Crippen molar-refractivity contribution in [1.82, 2.24) is 9.97 Å². The van der Waals surface area contributed by atoms with Gasteiger partial charge in [0, 0.05) is 68.0 Å². The molecule has 2 aliphatic rings. The number of benzene rings is 7. The fourth-order valence-electron chi connectivity index (χ4n) is 9.80.